The lowest BCUT2D eigenvalue weighted by Crippen LogP contribution is -2.39. The maximum atomic E-state index is 5.63. The van der Waals surface area contributed by atoms with Crippen LogP contribution in [0.1, 0.15) is 25.5 Å². The lowest BCUT2D eigenvalue weighted by atomic mass is 10.2. The van der Waals surface area contributed by atoms with Gasteiger partial charge in [-0.1, -0.05) is 0 Å². The topological polar surface area (TPSA) is 41.8 Å². The summed E-state index contributed by atoms with van der Waals surface area (Å²) in [5.74, 6) is 0.948. The van der Waals surface area contributed by atoms with Gasteiger partial charge in [-0.3, -0.25) is 4.99 Å². The standard InChI is InChI=1S/C15H26N4O/c1-4-16-15(17-11-14-8-6-10-20-14)19(3)12-13-7-5-9-18(13)2/h5,7,9,14H,4,6,8,10-12H2,1-3H3,(H,16,17). The molecular weight excluding hydrogens is 252 g/mol. The van der Waals surface area contributed by atoms with Crippen LogP contribution in [0.25, 0.3) is 0 Å². The van der Waals surface area contributed by atoms with E-state index in [1.165, 1.54) is 5.69 Å². The van der Waals surface area contributed by atoms with E-state index >= 15 is 0 Å². The van der Waals surface area contributed by atoms with E-state index in [2.05, 4.69) is 54.1 Å². The van der Waals surface area contributed by atoms with Crippen LogP contribution in [0.4, 0.5) is 0 Å². The summed E-state index contributed by atoms with van der Waals surface area (Å²) < 4.78 is 7.77. The predicted octanol–water partition coefficient (Wildman–Crippen LogP) is 1.60. The second-order valence-corrected chi connectivity index (χ2v) is 5.30. The zero-order valence-corrected chi connectivity index (χ0v) is 12.8. The Morgan fingerprint density at radius 2 is 2.45 bits per heavy atom. The Bertz CT molecular complexity index is 435. The molecule has 0 aliphatic carbocycles. The SMILES string of the molecule is CCNC(=NCC1CCCO1)N(C)Cc1cccn1C. The van der Waals surface area contributed by atoms with Gasteiger partial charge in [-0.2, -0.15) is 0 Å². The molecular formula is C15H26N4O. The van der Waals surface area contributed by atoms with Crippen molar-refractivity contribution >= 4 is 5.96 Å². The third-order valence-electron chi connectivity index (χ3n) is 3.62. The highest BCUT2D eigenvalue weighted by molar-refractivity contribution is 5.79. The number of hydrogen-bond donors (Lipinski definition) is 1. The number of ether oxygens (including phenoxy) is 1. The first kappa shape index (κ1) is 14.9. The number of aliphatic imine (C=N–C) groups is 1. The van der Waals surface area contributed by atoms with Crippen LogP contribution in [0, 0.1) is 0 Å². The van der Waals surface area contributed by atoms with Crippen molar-refractivity contribution in [2.75, 3.05) is 26.7 Å². The van der Waals surface area contributed by atoms with E-state index in [1.807, 2.05) is 0 Å². The molecule has 1 aromatic heterocycles. The fourth-order valence-electron chi connectivity index (χ4n) is 2.42. The zero-order chi connectivity index (χ0) is 14.4. The van der Waals surface area contributed by atoms with Gasteiger partial charge in [0.2, 0.25) is 0 Å². The first-order valence-corrected chi connectivity index (χ1v) is 7.42. The van der Waals surface area contributed by atoms with Crippen LogP contribution in [0.15, 0.2) is 23.3 Å². The van der Waals surface area contributed by atoms with Gasteiger partial charge in [0.25, 0.3) is 0 Å². The van der Waals surface area contributed by atoms with E-state index in [-0.39, 0.29) is 0 Å². The highest BCUT2D eigenvalue weighted by atomic mass is 16.5. The number of nitrogens with one attached hydrogen (secondary N) is 1. The summed E-state index contributed by atoms with van der Waals surface area (Å²) in [6, 6.07) is 4.21. The van der Waals surface area contributed by atoms with Crippen molar-refractivity contribution in [2.45, 2.75) is 32.4 Å². The molecule has 1 aromatic rings. The van der Waals surface area contributed by atoms with Crippen LogP contribution >= 0.6 is 0 Å². The molecule has 1 unspecified atom stereocenters. The van der Waals surface area contributed by atoms with Gasteiger partial charge >= 0.3 is 0 Å². The molecule has 20 heavy (non-hydrogen) atoms. The zero-order valence-electron chi connectivity index (χ0n) is 12.8. The fraction of sp³-hybridized carbons (Fsp3) is 0.667. The van der Waals surface area contributed by atoms with E-state index in [1.54, 1.807) is 0 Å². The minimum absolute atomic E-state index is 0.298. The summed E-state index contributed by atoms with van der Waals surface area (Å²) in [5, 5.41) is 3.35. The quantitative estimate of drug-likeness (QED) is 0.657. The number of guanidine groups is 1. The van der Waals surface area contributed by atoms with E-state index in [0.717, 1.165) is 45.0 Å². The first-order chi connectivity index (χ1) is 9.70. The lowest BCUT2D eigenvalue weighted by Gasteiger charge is -2.22. The van der Waals surface area contributed by atoms with Gasteiger partial charge in [0.05, 0.1) is 19.2 Å². The van der Waals surface area contributed by atoms with Gasteiger partial charge in [-0.15, -0.1) is 0 Å². The van der Waals surface area contributed by atoms with Crippen molar-refractivity contribution in [2.24, 2.45) is 12.0 Å². The summed E-state index contributed by atoms with van der Waals surface area (Å²) in [5.41, 5.74) is 1.27. The number of nitrogens with zero attached hydrogens (tertiary/aromatic N) is 3. The number of aromatic nitrogens is 1. The van der Waals surface area contributed by atoms with Gasteiger partial charge in [0.15, 0.2) is 5.96 Å². The van der Waals surface area contributed by atoms with Gasteiger partial charge < -0.3 is 19.5 Å². The molecule has 112 valence electrons. The van der Waals surface area contributed by atoms with Gasteiger partial charge in [-0.05, 0) is 31.9 Å². The Morgan fingerprint density at radius 1 is 1.60 bits per heavy atom. The first-order valence-electron chi connectivity index (χ1n) is 7.42. The number of rotatable bonds is 5. The normalized spacial score (nSPS) is 19.4. The second kappa shape index (κ2) is 7.33. The van der Waals surface area contributed by atoms with Gasteiger partial charge in [0.1, 0.15) is 0 Å². The summed E-state index contributed by atoms with van der Waals surface area (Å²) in [7, 11) is 4.14. The van der Waals surface area contributed by atoms with Crippen molar-refractivity contribution < 1.29 is 4.74 Å². The van der Waals surface area contributed by atoms with Crippen LogP contribution in [-0.2, 0) is 18.3 Å². The highest BCUT2D eigenvalue weighted by Crippen LogP contribution is 2.12. The van der Waals surface area contributed by atoms with Crippen molar-refractivity contribution in [1.82, 2.24) is 14.8 Å². The molecule has 0 aromatic carbocycles. The molecule has 0 spiro atoms. The summed E-state index contributed by atoms with van der Waals surface area (Å²) in [4.78, 5) is 6.86. The Morgan fingerprint density at radius 3 is 3.05 bits per heavy atom. The molecule has 1 fully saturated rings. The third kappa shape index (κ3) is 4.00. The largest absolute Gasteiger partial charge is 0.376 e. The summed E-state index contributed by atoms with van der Waals surface area (Å²) in [6.07, 6.45) is 4.66. The van der Waals surface area contributed by atoms with Crippen LogP contribution in [-0.4, -0.2) is 48.3 Å². The molecule has 0 amide bonds. The van der Waals surface area contributed by atoms with E-state index < -0.39 is 0 Å². The molecule has 5 nitrogen and oxygen atoms in total. The fourth-order valence-corrected chi connectivity index (χ4v) is 2.42. The molecule has 5 heteroatoms. The van der Waals surface area contributed by atoms with E-state index in [9.17, 15) is 0 Å². The Balaban J connectivity index is 1.95. The van der Waals surface area contributed by atoms with Crippen molar-refractivity contribution in [3.05, 3.63) is 24.0 Å². The molecule has 1 saturated heterocycles. The number of aryl methyl sites for hydroxylation is 1. The van der Waals surface area contributed by atoms with Gasteiger partial charge in [0, 0.05) is 39.1 Å². The minimum Gasteiger partial charge on any atom is -0.376 e. The lowest BCUT2D eigenvalue weighted by molar-refractivity contribution is 0.117. The average Bonchev–Trinajstić information content (AvgIpc) is 3.07. The Labute approximate surface area is 121 Å². The van der Waals surface area contributed by atoms with Crippen LogP contribution in [0.3, 0.4) is 0 Å². The molecule has 1 aliphatic rings. The summed E-state index contributed by atoms with van der Waals surface area (Å²) in [6.45, 7) is 5.45. The maximum Gasteiger partial charge on any atom is 0.194 e. The third-order valence-corrected chi connectivity index (χ3v) is 3.62. The van der Waals surface area contributed by atoms with Crippen molar-refractivity contribution in [3.8, 4) is 0 Å². The Kier molecular flexibility index (Phi) is 5.47. The monoisotopic (exact) mass is 278 g/mol. The second-order valence-electron chi connectivity index (χ2n) is 5.30. The number of hydrogen-bond acceptors (Lipinski definition) is 2. The summed E-state index contributed by atoms with van der Waals surface area (Å²) >= 11 is 0. The minimum atomic E-state index is 0.298. The van der Waals surface area contributed by atoms with Crippen LogP contribution in [0.2, 0.25) is 0 Å². The molecule has 0 radical (unpaired) electrons. The van der Waals surface area contributed by atoms with E-state index in [4.69, 9.17) is 9.73 Å². The molecule has 1 atom stereocenters. The van der Waals surface area contributed by atoms with Crippen molar-refractivity contribution in [3.63, 3.8) is 0 Å². The highest BCUT2D eigenvalue weighted by Gasteiger charge is 2.16. The maximum absolute atomic E-state index is 5.63. The molecule has 1 N–H and O–H groups in total. The molecule has 0 saturated carbocycles. The predicted molar refractivity (Wildman–Crippen MR) is 81.8 cm³/mol. The van der Waals surface area contributed by atoms with E-state index in [0.29, 0.717) is 6.10 Å². The Hall–Kier alpha value is -1.49. The average molecular weight is 278 g/mol. The smallest absolute Gasteiger partial charge is 0.194 e. The van der Waals surface area contributed by atoms with Gasteiger partial charge in [-0.25, -0.2) is 0 Å². The molecule has 2 heterocycles. The molecule has 0 bridgehead atoms. The van der Waals surface area contributed by atoms with Crippen LogP contribution in [0.5, 0.6) is 0 Å². The molecule has 1 aliphatic heterocycles. The molecule has 2 rings (SSSR count). The van der Waals surface area contributed by atoms with Crippen molar-refractivity contribution in [1.29, 1.82) is 0 Å². The van der Waals surface area contributed by atoms with Crippen LogP contribution < -0.4 is 5.32 Å².